The van der Waals surface area contributed by atoms with E-state index >= 15 is 0 Å². The molecule has 3 heterocycles. The summed E-state index contributed by atoms with van der Waals surface area (Å²) in [5, 5.41) is 12.0. The second-order valence-corrected chi connectivity index (χ2v) is 8.81. The summed E-state index contributed by atoms with van der Waals surface area (Å²) in [6, 6.07) is 10.7. The number of nitrogens with one attached hydrogen (secondary N) is 3. The van der Waals surface area contributed by atoms with Gasteiger partial charge >= 0.3 is 0 Å². The van der Waals surface area contributed by atoms with E-state index in [0.29, 0.717) is 19.0 Å². The lowest BCUT2D eigenvalue weighted by molar-refractivity contribution is -0.116. The minimum Gasteiger partial charge on any atom is -0.356 e. The van der Waals surface area contributed by atoms with Crippen LogP contribution < -0.4 is 16.0 Å². The molecule has 30 heavy (non-hydrogen) atoms. The summed E-state index contributed by atoms with van der Waals surface area (Å²) in [6.45, 7) is 5.92. The number of carbonyl (C=O) groups excluding carboxylic acids is 1. The molecule has 1 aromatic heterocycles. The van der Waals surface area contributed by atoms with E-state index in [4.69, 9.17) is 0 Å². The molecule has 0 fully saturated rings. The van der Waals surface area contributed by atoms with E-state index in [1.54, 1.807) is 7.05 Å². The number of benzene rings is 1. The Kier molecular flexibility index (Phi) is 8.13. The standard InChI is InChI=1S/C22H29N5OS.HI/c1-15(27-9-7-20-16(14-27)8-10-29-20)12-24-22(23-2)25-13-17-11-21(28)26-19-6-4-3-5-18(17)19;/h3-6,8,10,15,17H,7,9,11-14H2,1-2H3,(H,26,28)(H2,23,24,25);1H. The van der Waals surface area contributed by atoms with Crippen LogP contribution in [0, 0.1) is 0 Å². The molecule has 2 unspecified atom stereocenters. The van der Waals surface area contributed by atoms with Crippen LogP contribution in [0.5, 0.6) is 0 Å². The summed E-state index contributed by atoms with van der Waals surface area (Å²) in [5.74, 6) is 1.01. The van der Waals surface area contributed by atoms with Crippen molar-refractivity contribution < 1.29 is 4.79 Å². The van der Waals surface area contributed by atoms with Crippen molar-refractivity contribution in [3.8, 4) is 0 Å². The normalized spacial score (nSPS) is 19.7. The minimum absolute atomic E-state index is 0. The van der Waals surface area contributed by atoms with Gasteiger partial charge in [-0.2, -0.15) is 0 Å². The van der Waals surface area contributed by atoms with Crippen molar-refractivity contribution in [2.24, 2.45) is 4.99 Å². The second kappa shape index (κ2) is 10.6. The van der Waals surface area contributed by atoms with Crippen LogP contribution in [0.4, 0.5) is 5.69 Å². The Balaban J connectivity index is 0.00000256. The summed E-state index contributed by atoms with van der Waals surface area (Å²) < 4.78 is 0. The lowest BCUT2D eigenvalue weighted by Gasteiger charge is -2.33. The Morgan fingerprint density at radius 2 is 2.17 bits per heavy atom. The van der Waals surface area contributed by atoms with Crippen LogP contribution in [0.15, 0.2) is 40.7 Å². The van der Waals surface area contributed by atoms with Gasteiger partial charge in [-0.05, 0) is 42.0 Å². The number of hydrogen-bond acceptors (Lipinski definition) is 4. The Hall–Kier alpha value is -1.65. The van der Waals surface area contributed by atoms with E-state index in [9.17, 15) is 4.79 Å². The van der Waals surface area contributed by atoms with E-state index in [0.717, 1.165) is 37.7 Å². The summed E-state index contributed by atoms with van der Waals surface area (Å²) in [4.78, 5) is 20.5. The van der Waals surface area contributed by atoms with Crippen molar-refractivity contribution in [3.05, 3.63) is 51.7 Å². The highest BCUT2D eigenvalue weighted by Gasteiger charge is 2.25. The molecule has 2 atom stereocenters. The first-order chi connectivity index (χ1) is 14.1. The number of carbonyl (C=O) groups is 1. The highest BCUT2D eigenvalue weighted by atomic mass is 127. The van der Waals surface area contributed by atoms with Crippen LogP contribution >= 0.6 is 35.3 Å². The molecule has 1 aromatic carbocycles. The third-order valence-corrected chi connectivity index (χ3v) is 6.89. The van der Waals surface area contributed by atoms with Crippen molar-refractivity contribution in [3.63, 3.8) is 0 Å². The van der Waals surface area contributed by atoms with E-state index in [-0.39, 0.29) is 35.8 Å². The molecule has 2 aromatic rings. The second-order valence-electron chi connectivity index (χ2n) is 7.81. The molecular weight excluding hydrogens is 509 g/mol. The predicted molar refractivity (Wildman–Crippen MR) is 135 cm³/mol. The molecule has 2 aliphatic heterocycles. The average molecular weight is 539 g/mol. The molecule has 2 aliphatic rings. The van der Waals surface area contributed by atoms with Gasteiger partial charge in [0, 0.05) is 62.2 Å². The average Bonchev–Trinajstić information content (AvgIpc) is 3.21. The number of amides is 1. The van der Waals surface area contributed by atoms with Gasteiger partial charge < -0.3 is 16.0 Å². The van der Waals surface area contributed by atoms with Crippen LogP contribution in [-0.4, -0.2) is 49.5 Å². The predicted octanol–water partition coefficient (Wildman–Crippen LogP) is 3.40. The maximum Gasteiger partial charge on any atom is 0.225 e. The highest BCUT2D eigenvalue weighted by Crippen LogP contribution is 2.31. The van der Waals surface area contributed by atoms with Gasteiger partial charge in [0.15, 0.2) is 5.96 Å². The topological polar surface area (TPSA) is 68.8 Å². The van der Waals surface area contributed by atoms with Crippen LogP contribution in [0.1, 0.15) is 35.3 Å². The monoisotopic (exact) mass is 539 g/mol. The number of para-hydroxylation sites is 1. The van der Waals surface area contributed by atoms with Gasteiger partial charge in [-0.3, -0.25) is 14.7 Å². The zero-order valence-corrected chi connectivity index (χ0v) is 20.6. The number of anilines is 1. The van der Waals surface area contributed by atoms with Gasteiger partial charge in [0.25, 0.3) is 0 Å². The molecule has 0 radical (unpaired) electrons. The van der Waals surface area contributed by atoms with Crippen molar-refractivity contribution in [2.45, 2.75) is 38.3 Å². The molecule has 0 saturated heterocycles. The number of nitrogens with zero attached hydrogens (tertiary/aromatic N) is 2. The quantitative estimate of drug-likeness (QED) is 0.310. The van der Waals surface area contributed by atoms with Crippen molar-refractivity contribution in [1.29, 1.82) is 0 Å². The van der Waals surface area contributed by atoms with Gasteiger partial charge in [0.05, 0.1) is 0 Å². The number of rotatable bonds is 5. The fraction of sp³-hybridized carbons (Fsp3) is 0.455. The lowest BCUT2D eigenvalue weighted by Crippen LogP contribution is -2.48. The maximum absolute atomic E-state index is 12.0. The van der Waals surface area contributed by atoms with Crippen molar-refractivity contribution >= 4 is 52.9 Å². The zero-order valence-electron chi connectivity index (χ0n) is 17.5. The third-order valence-electron chi connectivity index (χ3n) is 5.87. The SMILES string of the molecule is CN=C(NCC1CC(=O)Nc2ccccc21)NCC(C)N1CCc2sccc2C1.I. The summed E-state index contributed by atoms with van der Waals surface area (Å²) in [7, 11) is 1.79. The number of aliphatic imine (C=N–C) groups is 1. The molecule has 8 heteroatoms. The van der Waals surface area contributed by atoms with E-state index < -0.39 is 0 Å². The highest BCUT2D eigenvalue weighted by molar-refractivity contribution is 14.0. The third kappa shape index (κ3) is 5.33. The van der Waals surface area contributed by atoms with E-state index in [1.807, 2.05) is 29.5 Å². The van der Waals surface area contributed by atoms with E-state index in [1.165, 1.54) is 16.0 Å². The molecule has 3 N–H and O–H groups in total. The summed E-state index contributed by atoms with van der Waals surface area (Å²) in [5.41, 5.74) is 3.58. The minimum atomic E-state index is 0. The Bertz CT molecular complexity index is 899. The fourth-order valence-corrected chi connectivity index (χ4v) is 5.03. The van der Waals surface area contributed by atoms with Gasteiger partial charge in [0.1, 0.15) is 0 Å². The first-order valence-corrected chi connectivity index (χ1v) is 11.1. The smallest absolute Gasteiger partial charge is 0.225 e. The fourth-order valence-electron chi connectivity index (χ4n) is 4.14. The zero-order chi connectivity index (χ0) is 20.2. The van der Waals surface area contributed by atoms with Gasteiger partial charge in [-0.15, -0.1) is 35.3 Å². The van der Waals surface area contributed by atoms with Crippen LogP contribution in [0.3, 0.4) is 0 Å². The number of guanidine groups is 1. The summed E-state index contributed by atoms with van der Waals surface area (Å²) in [6.07, 6.45) is 1.64. The van der Waals surface area contributed by atoms with Crippen molar-refractivity contribution in [2.75, 3.05) is 32.0 Å². The molecule has 6 nitrogen and oxygen atoms in total. The number of halogens is 1. The maximum atomic E-state index is 12.0. The van der Waals surface area contributed by atoms with Crippen molar-refractivity contribution in [1.82, 2.24) is 15.5 Å². The first-order valence-electron chi connectivity index (χ1n) is 10.3. The summed E-state index contributed by atoms with van der Waals surface area (Å²) >= 11 is 1.88. The number of fused-ring (bicyclic) bond motifs is 2. The van der Waals surface area contributed by atoms with Crippen LogP contribution in [-0.2, 0) is 17.8 Å². The molecule has 4 rings (SSSR count). The Morgan fingerprint density at radius 1 is 1.33 bits per heavy atom. The number of thiophene rings is 1. The molecule has 0 spiro atoms. The van der Waals surface area contributed by atoms with Crippen LogP contribution in [0.2, 0.25) is 0 Å². The largest absolute Gasteiger partial charge is 0.356 e. The first kappa shape index (κ1) is 23.0. The Morgan fingerprint density at radius 3 is 3.00 bits per heavy atom. The Labute approximate surface area is 199 Å². The van der Waals surface area contributed by atoms with Gasteiger partial charge in [-0.1, -0.05) is 18.2 Å². The molecule has 162 valence electrons. The van der Waals surface area contributed by atoms with E-state index in [2.05, 4.69) is 50.3 Å². The molecular formula is C22H30IN5OS. The molecule has 0 saturated carbocycles. The van der Waals surface area contributed by atoms with Gasteiger partial charge in [-0.25, -0.2) is 0 Å². The van der Waals surface area contributed by atoms with Crippen LogP contribution in [0.25, 0.3) is 0 Å². The molecule has 0 aliphatic carbocycles. The lowest BCUT2D eigenvalue weighted by atomic mass is 9.90. The van der Waals surface area contributed by atoms with Gasteiger partial charge in [0.2, 0.25) is 5.91 Å². The molecule has 1 amide bonds. The molecule has 0 bridgehead atoms. The number of hydrogen-bond donors (Lipinski definition) is 3.